The smallest absolute Gasteiger partial charge is 0.409 e. The molecule has 0 aromatic rings. The summed E-state index contributed by atoms with van der Waals surface area (Å²) >= 11 is 3.99. The molecule has 0 radical (unpaired) electrons. The van der Waals surface area contributed by atoms with Gasteiger partial charge in [0.2, 0.25) is 5.91 Å². The lowest BCUT2D eigenvalue weighted by molar-refractivity contribution is -0.145. The molecule has 5 fully saturated rings. The van der Waals surface area contributed by atoms with Gasteiger partial charge >= 0.3 is 6.09 Å². The average Bonchev–Trinajstić information content (AvgIpc) is 2.53. The summed E-state index contributed by atoms with van der Waals surface area (Å²) in [5, 5.41) is 3.35. The van der Waals surface area contributed by atoms with Gasteiger partial charge in [0.1, 0.15) is 0 Å². The van der Waals surface area contributed by atoms with Crippen LogP contribution in [0, 0.1) is 17.3 Å². The Labute approximate surface area is 158 Å². The van der Waals surface area contributed by atoms with E-state index in [0.29, 0.717) is 19.7 Å². The van der Waals surface area contributed by atoms with Crippen LogP contribution in [0.2, 0.25) is 0 Å². The molecule has 0 spiro atoms. The molecule has 4 saturated carbocycles. The van der Waals surface area contributed by atoms with Crippen LogP contribution < -0.4 is 5.32 Å². The van der Waals surface area contributed by atoms with Crippen LogP contribution in [0.4, 0.5) is 4.79 Å². The van der Waals surface area contributed by atoms with Crippen LogP contribution in [0.1, 0.15) is 58.3 Å². The maximum atomic E-state index is 13.2. The third kappa shape index (κ3) is 3.31. The lowest BCUT2D eigenvalue weighted by atomic mass is 9.49. The molecule has 1 aliphatic heterocycles. The molecule has 140 valence electrons. The molecule has 0 aromatic carbocycles. The number of carbonyl (C=O) groups excluding carboxylic acids is 2. The quantitative estimate of drug-likeness (QED) is 0.721. The number of likely N-dealkylation sites (tertiary alicyclic amines) is 1. The average molecular weight is 413 g/mol. The van der Waals surface area contributed by atoms with Crippen LogP contribution >= 0.6 is 15.9 Å². The fraction of sp³-hybridized carbons (Fsp3) is 0.895. The standard InChI is InChI=1S/C19H29BrN2O3/c1-2-25-17(24)22-5-3-15(4-6-22)21-16(23)18-8-13-7-14(9-18)11-19(20,10-13)12-18/h13-15H,2-12H2,1H3,(H,21,23). The number of alkyl halides is 1. The molecular formula is C19H29BrN2O3. The van der Waals surface area contributed by atoms with Gasteiger partial charge < -0.3 is 15.0 Å². The normalized spacial score (nSPS) is 40.2. The maximum absolute atomic E-state index is 13.2. The molecule has 25 heavy (non-hydrogen) atoms. The van der Waals surface area contributed by atoms with Crippen LogP contribution in [0.3, 0.4) is 0 Å². The Balaban J connectivity index is 1.35. The molecule has 2 amide bonds. The first-order valence-corrected chi connectivity index (χ1v) is 10.6. The van der Waals surface area contributed by atoms with Crippen molar-refractivity contribution in [2.45, 2.75) is 68.7 Å². The lowest BCUT2D eigenvalue weighted by Gasteiger charge is -2.59. The van der Waals surface area contributed by atoms with Gasteiger partial charge in [0.15, 0.2) is 0 Å². The summed E-state index contributed by atoms with van der Waals surface area (Å²) < 4.78 is 5.28. The van der Waals surface area contributed by atoms with E-state index in [2.05, 4.69) is 21.2 Å². The van der Waals surface area contributed by atoms with Crippen LogP contribution in [-0.4, -0.2) is 47.0 Å². The van der Waals surface area contributed by atoms with Gasteiger partial charge in [0, 0.05) is 23.5 Å². The summed E-state index contributed by atoms with van der Waals surface area (Å²) in [6, 6.07) is 0.192. The predicted octanol–water partition coefficient (Wildman–Crippen LogP) is 3.46. The van der Waals surface area contributed by atoms with Gasteiger partial charge in [-0.3, -0.25) is 4.79 Å². The van der Waals surface area contributed by atoms with Crippen LogP contribution in [0.15, 0.2) is 0 Å². The van der Waals surface area contributed by atoms with Crippen molar-refractivity contribution in [1.82, 2.24) is 10.2 Å². The van der Waals surface area contributed by atoms with E-state index in [1.807, 2.05) is 6.92 Å². The number of carbonyl (C=O) groups is 2. The number of hydrogen-bond acceptors (Lipinski definition) is 3. The van der Waals surface area contributed by atoms with Crippen molar-refractivity contribution in [3.05, 3.63) is 0 Å². The van der Waals surface area contributed by atoms with E-state index in [1.54, 1.807) is 4.90 Å². The molecule has 2 unspecified atom stereocenters. The van der Waals surface area contributed by atoms with E-state index in [9.17, 15) is 9.59 Å². The third-order valence-corrected chi connectivity index (χ3v) is 7.76. The minimum Gasteiger partial charge on any atom is -0.450 e. The van der Waals surface area contributed by atoms with Gasteiger partial charge in [-0.15, -0.1) is 0 Å². The minimum absolute atomic E-state index is 0.147. The Morgan fingerprint density at radius 3 is 2.36 bits per heavy atom. The molecule has 0 aromatic heterocycles. The molecule has 5 rings (SSSR count). The Morgan fingerprint density at radius 2 is 1.80 bits per heavy atom. The Kier molecular flexibility index (Phi) is 4.53. The van der Waals surface area contributed by atoms with Gasteiger partial charge in [-0.2, -0.15) is 0 Å². The van der Waals surface area contributed by atoms with Gasteiger partial charge in [0.05, 0.1) is 12.0 Å². The molecule has 6 heteroatoms. The fourth-order valence-electron chi connectivity index (χ4n) is 6.18. The number of amides is 2. The number of rotatable bonds is 3. The van der Waals surface area contributed by atoms with Crippen molar-refractivity contribution < 1.29 is 14.3 Å². The second-order valence-corrected chi connectivity index (χ2v) is 10.5. The summed E-state index contributed by atoms with van der Waals surface area (Å²) in [5.41, 5.74) is -0.147. The minimum atomic E-state index is -0.227. The van der Waals surface area contributed by atoms with Crippen LogP contribution in [0.5, 0.6) is 0 Å². The molecule has 5 nitrogen and oxygen atoms in total. The number of nitrogens with zero attached hydrogens (tertiary/aromatic N) is 1. The fourth-order valence-corrected chi connectivity index (χ4v) is 7.63. The second kappa shape index (κ2) is 6.43. The summed E-state index contributed by atoms with van der Waals surface area (Å²) in [4.78, 5) is 26.7. The van der Waals surface area contributed by atoms with Crippen LogP contribution in [-0.2, 0) is 9.53 Å². The first-order chi connectivity index (χ1) is 11.9. The largest absolute Gasteiger partial charge is 0.450 e. The summed E-state index contributed by atoms with van der Waals surface area (Å²) in [6.45, 7) is 3.58. The summed E-state index contributed by atoms with van der Waals surface area (Å²) in [7, 11) is 0. The predicted molar refractivity (Wildman–Crippen MR) is 98.5 cm³/mol. The number of nitrogens with one attached hydrogen (secondary N) is 1. The first-order valence-electron chi connectivity index (χ1n) is 9.83. The highest BCUT2D eigenvalue weighted by Gasteiger charge is 2.59. The van der Waals surface area contributed by atoms with Crippen molar-refractivity contribution in [1.29, 1.82) is 0 Å². The lowest BCUT2D eigenvalue weighted by Crippen LogP contribution is -2.60. The van der Waals surface area contributed by atoms with Gasteiger partial charge in [-0.25, -0.2) is 4.79 Å². The number of piperidine rings is 1. The molecule has 1 saturated heterocycles. The number of halogens is 1. The molecule has 2 atom stereocenters. The van der Waals surface area contributed by atoms with Crippen molar-refractivity contribution in [3.8, 4) is 0 Å². The SMILES string of the molecule is CCOC(=O)N1CCC(NC(=O)C23CC4CC(CC(Br)(C4)C2)C3)CC1. The number of hydrogen-bond donors (Lipinski definition) is 1. The van der Waals surface area contributed by atoms with Gasteiger partial charge in [-0.05, 0) is 70.1 Å². The summed E-state index contributed by atoms with van der Waals surface area (Å²) in [6.07, 6.45) is 8.39. The highest BCUT2D eigenvalue weighted by Crippen LogP contribution is 2.64. The zero-order valence-corrected chi connectivity index (χ0v) is 16.6. The first kappa shape index (κ1) is 17.6. The number of ether oxygens (including phenoxy) is 1. The molecule has 1 N–H and O–H groups in total. The summed E-state index contributed by atoms with van der Waals surface area (Å²) in [5.74, 6) is 1.72. The van der Waals surface area contributed by atoms with E-state index in [0.717, 1.165) is 43.9 Å². The van der Waals surface area contributed by atoms with Crippen molar-refractivity contribution in [3.63, 3.8) is 0 Å². The van der Waals surface area contributed by atoms with E-state index in [4.69, 9.17) is 4.74 Å². The van der Waals surface area contributed by atoms with Gasteiger partial charge in [0.25, 0.3) is 0 Å². The van der Waals surface area contributed by atoms with Crippen molar-refractivity contribution >= 4 is 27.9 Å². The van der Waals surface area contributed by atoms with Gasteiger partial charge in [-0.1, -0.05) is 15.9 Å². The van der Waals surface area contributed by atoms with Crippen LogP contribution in [0.25, 0.3) is 0 Å². The Hall–Kier alpha value is -0.780. The third-order valence-electron chi connectivity index (χ3n) is 6.83. The molecule has 1 heterocycles. The molecular weight excluding hydrogens is 384 g/mol. The van der Waals surface area contributed by atoms with E-state index < -0.39 is 0 Å². The second-order valence-electron chi connectivity index (χ2n) is 8.83. The molecule has 5 aliphatic rings. The zero-order valence-electron chi connectivity index (χ0n) is 15.1. The van der Waals surface area contributed by atoms with E-state index in [-0.39, 0.29) is 27.8 Å². The maximum Gasteiger partial charge on any atom is 0.409 e. The topological polar surface area (TPSA) is 58.6 Å². The van der Waals surface area contributed by atoms with E-state index >= 15 is 0 Å². The highest BCUT2D eigenvalue weighted by atomic mass is 79.9. The molecule has 4 aliphatic carbocycles. The Morgan fingerprint density at radius 1 is 1.16 bits per heavy atom. The zero-order chi connectivity index (χ0) is 17.7. The Bertz CT molecular complexity index is 545. The molecule has 4 bridgehead atoms. The van der Waals surface area contributed by atoms with E-state index in [1.165, 1.54) is 19.3 Å². The monoisotopic (exact) mass is 412 g/mol. The van der Waals surface area contributed by atoms with Crippen molar-refractivity contribution in [2.75, 3.05) is 19.7 Å². The van der Waals surface area contributed by atoms with Crippen molar-refractivity contribution in [2.24, 2.45) is 17.3 Å². The highest BCUT2D eigenvalue weighted by molar-refractivity contribution is 9.10.